The third-order valence-electron chi connectivity index (χ3n) is 0.906. The second-order valence-electron chi connectivity index (χ2n) is 1.88. The van der Waals surface area contributed by atoms with Crippen molar-refractivity contribution in [1.82, 2.24) is 0 Å². The summed E-state index contributed by atoms with van der Waals surface area (Å²) in [7, 11) is 0. The van der Waals surface area contributed by atoms with Gasteiger partial charge in [-0.1, -0.05) is 6.58 Å². The van der Waals surface area contributed by atoms with E-state index in [0.29, 0.717) is 11.4 Å². The van der Waals surface area contributed by atoms with Crippen molar-refractivity contribution in [3.8, 4) is 0 Å². The van der Waals surface area contributed by atoms with E-state index in [-0.39, 0.29) is 0 Å². The summed E-state index contributed by atoms with van der Waals surface area (Å²) in [4.78, 5) is 0. The lowest BCUT2D eigenvalue weighted by Gasteiger charge is -1.94. The van der Waals surface area contributed by atoms with Gasteiger partial charge in [-0.25, -0.2) is 0 Å². The second kappa shape index (κ2) is 4.17. The van der Waals surface area contributed by atoms with Crippen LogP contribution >= 0.6 is 15.9 Å². The monoisotopic (exact) mass is 202 g/mol. The number of allylic oxidation sites excluding steroid dienone is 4. The standard InChI is InChI=1S/C7H11BrN2/c1-3-6(10)4-7(8)5(2)9/h3-4H,1,9-10H2,2H3/b6-4+,7-5-. The average molecular weight is 203 g/mol. The third-order valence-corrected chi connectivity index (χ3v) is 1.76. The molecule has 56 valence electrons. The van der Waals surface area contributed by atoms with E-state index in [1.807, 2.05) is 0 Å². The Kier molecular flexibility index (Phi) is 3.88. The predicted molar refractivity (Wildman–Crippen MR) is 48.3 cm³/mol. The van der Waals surface area contributed by atoms with Crippen molar-refractivity contribution in [3.05, 3.63) is 34.6 Å². The van der Waals surface area contributed by atoms with Crippen LogP contribution in [0, 0.1) is 0 Å². The van der Waals surface area contributed by atoms with Gasteiger partial charge in [-0.05, 0) is 35.0 Å². The van der Waals surface area contributed by atoms with Crippen molar-refractivity contribution in [1.29, 1.82) is 0 Å². The lowest BCUT2D eigenvalue weighted by atomic mass is 10.3. The number of rotatable bonds is 2. The Labute approximate surface area is 69.4 Å². The average Bonchev–Trinajstić information content (AvgIpc) is 1.87. The smallest absolute Gasteiger partial charge is 0.0380 e. The van der Waals surface area contributed by atoms with Gasteiger partial charge < -0.3 is 11.5 Å². The number of hydrogen-bond acceptors (Lipinski definition) is 2. The fraction of sp³-hybridized carbons (Fsp3) is 0.143. The molecule has 0 saturated heterocycles. The molecule has 0 spiro atoms. The van der Waals surface area contributed by atoms with E-state index in [9.17, 15) is 0 Å². The summed E-state index contributed by atoms with van der Waals surface area (Å²) < 4.78 is 0.796. The molecule has 0 unspecified atom stereocenters. The van der Waals surface area contributed by atoms with Gasteiger partial charge in [-0.3, -0.25) is 0 Å². The molecule has 0 bridgehead atoms. The minimum atomic E-state index is 0.594. The largest absolute Gasteiger partial charge is 0.401 e. The van der Waals surface area contributed by atoms with Crippen LogP contribution < -0.4 is 11.5 Å². The van der Waals surface area contributed by atoms with Gasteiger partial charge in [0.2, 0.25) is 0 Å². The van der Waals surface area contributed by atoms with Crippen LogP contribution in [-0.4, -0.2) is 0 Å². The van der Waals surface area contributed by atoms with Gasteiger partial charge in [0, 0.05) is 15.9 Å². The third kappa shape index (κ3) is 3.35. The van der Waals surface area contributed by atoms with E-state index in [4.69, 9.17) is 11.5 Å². The van der Waals surface area contributed by atoms with Gasteiger partial charge >= 0.3 is 0 Å². The highest BCUT2D eigenvalue weighted by Gasteiger charge is 1.89. The summed E-state index contributed by atoms with van der Waals surface area (Å²) in [5.74, 6) is 0. The first kappa shape index (κ1) is 9.30. The van der Waals surface area contributed by atoms with Crippen molar-refractivity contribution < 1.29 is 0 Å². The maximum absolute atomic E-state index is 5.44. The van der Waals surface area contributed by atoms with Crippen molar-refractivity contribution in [2.45, 2.75) is 6.92 Å². The van der Waals surface area contributed by atoms with Gasteiger partial charge in [-0.15, -0.1) is 0 Å². The zero-order valence-electron chi connectivity index (χ0n) is 5.89. The Morgan fingerprint density at radius 1 is 1.50 bits per heavy atom. The number of nitrogens with two attached hydrogens (primary N) is 2. The maximum atomic E-state index is 5.44. The van der Waals surface area contributed by atoms with Gasteiger partial charge in [0.05, 0.1) is 0 Å². The van der Waals surface area contributed by atoms with E-state index in [0.717, 1.165) is 4.48 Å². The van der Waals surface area contributed by atoms with Crippen LogP contribution in [0.3, 0.4) is 0 Å². The van der Waals surface area contributed by atoms with E-state index >= 15 is 0 Å². The Morgan fingerprint density at radius 2 is 2.00 bits per heavy atom. The SMILES string of the molecule is C=C/C(N)=C\C(Br)=C(/C)N. The lowest BCUT2D eigenvalue weighted by Crippen LogP contribution is -1.96. The first-order chi connectivity index (χ1) is 4.57. The number of halogens is 1. The van der Waals surface area contributed by atoms with Gasteiger partial charge in [0.1, 0.15) is 0 Å². The van der Waals surface area contributed by atoms with Crippen LogP contribution in [0.2, 0.25) is 0 Å². The van der Waals surface area contributed by atoms with Gasteiger partial charge in [-0.2, -0.15) is 0 Å². The van der Waals surface area contributed by atoms with Gasteiger partial charge in [0.15, 0.2) is 0 Å². The van der Waals surface area contributed by atoms with E-state index in [1.165, 1.54) is 0 Å². The minimum Gasteiger partial charge on any atom is -0.401 e. The zero-order valence-corrected chi connectivity index (χ0v) is 7.48. The first-order valence-corrected chi connectivity index (χ1v) is 3.58. The molecule has 0 aromatic carbocycles. The van der Waals surface area contributed by atoms with Gasteiger partial charge in [0.25, 0.3) is 0 Å². The Hall–Kier alpha value is -0.700. The van der Waals surface area contributed by atoms with Crippen LogP contribution in [0.25, 0.3) is 0 Å². The lowest BCUT2D eigenvalue weighted by molar-refractivity contribution is 1.30. The summed E-state index contributed by atoms with van der Waals surface area (Å²) in [5, 5.41) is 0. The quantitative estimate of drug-likeness (QED) is 0.669. The molecule has 0 heterocycles. The van der Waals surface area contributed by atoms with Crippen LogP contribution in [0.15, 0.2) is 34.6 Å². The van der Waals surface area contributed by atoms with E-state index in [1.54, 1.807) is 19.1 Å². The van der Waals surface area contributed by atoms with E-state index < -0.39 is 0 Å². The second-order valence-corrected chi connectivity index (χ2v) is 2.73. The molecule has 2 nitrogen and oxygen atoms in total. The summed E-state index contributed by atoms with van der Waals surface area (Å²) in [6.07, 6.45) is 3.27. The Bertz CT molecular complexity index is 188. The van der Waals surface area contributed by atoms with Crippen molar-refractivity contribution in [2.75, 3.05) is 0 Å². The molecule has 0 saturated carbocycles. The minimum absolute atomic E-state index is 0.594. The highest BCUT2D eigenvalue weighted by molar-refractivity contribution is 9.11. The van der Waals surface area contributed by atoms with Crippen molar-refractivity contribution >= 4 is 15.9 Å². The molecule has 0 aliphatic rings. The molecule has 0 aromatic rings. The molecule has 0 aliphatic heterocycles. The normalized spacial score (nSPS) is 14.4. The Balaban J connectivity index is 4.42. The molecule has 10 heavy (non-hydrogen) atoms. The highest BCUT2D eigenvalue weighted by atomic mass is 79.9. The molecular weight excluding hydrogens is 192 g/mol. The maximum Gasteiger partial charge on any atom is 0.0380 e. The molecule has 0 aromatic heterocycles. The fourth-order valence-electron chi connectivity index (χ4n) is 0.319. The zero-order chi connectivity index (χ0) is 8.15. The molecule has 0 atom stereocenters. The topological polar surface area (TPSA) is 52.0 Å². The van der Waals surface area contributed by atoms with Crippen LogP contribution in [0.5, 0.6) is 0 Å². The first-order valence-electron chi connectivity index (χ1n) is 2.79. The van der Waals surface area contributed by atoms with E-state index in [2.05, 4.69) is 22.5 Å². The molecule has 4 N–H and O–H groups in total. The summed E-state index contributed by atoms with van der Waals surface area (Å²) >= 11 is 3.23. The molecule has 0 amide bonds. The molecule has 0 radical (unpaired) electrons. The number of hydrogen-bond donors (Lipinski definition) is 2. The summed E-state index contributed by atoms with van der Waals surface area (Å²) in [6, 6.07) is 0. The van der Waals surface area contributed by atoms with Crippen LogP contribution in [0.1, 0.15) is 6.92 Å². The molecular formula is C7H11BrN2. The molecule has 0 aliphatic carbocycles. The summed E-state index contributed by atoms with van der Waals surface area (Å²) in [6.45, 7) is 5.28. The Morgan fingerprint density at radius 3 is 2.30 bits per heavy atom. The molecule has 0 rings (SSSR count). The summed E-state index contributed by atoms with van der Waals surface area (Å²) in [5.41, 5.74) is 12.2. The van der Waals surface area contributed by atoms with Crippen molar-refractivity contribution in [2.24, 2.45) is 11.5 Å². The van der Waals surface area contributed by atoms with Crippen molar-refractivity contribution in [3.63, 3.8) is 0 Å². The molecule has 0 fully saturated rings. The fourth-order valence-corrected chi connectivity index (χ4v) is 0.583. The van der Waals surface area contributed by atoms with Crippen LogP contribution in [-0.2, 0) is 0 Å². The predicted octanol–water partition coefficient (Wildman–Crippen LogP) is 1.60. The highest BCUT2D eigenvalue weighted by Crippen LogP contribution is 2.10. The molecule has 3 heteroatoms. The van der Waals surface area contributed by atoms with Crippen LogP contribution in [0.4, 0.5) is 0 Å².